The van der Waals surface area contributed by atoms with Gasteiger partial charge in [0.2, 0.25) is 0 Å². The number of amides is 1. The average molecular weight is 436 g/mol. The highest BCUT2D eigenvalue weighted by molar-refractivity contribution is 9.11. The molecular formula is C17H12Br2N2O2. The van der Waals surface area contributed by atoms with Crippen molar-refractivity contribution in [1.29, 1.82) is 5.26 Å². The van der Waals surface area contributed by atoms with Crippen LogP contribution in [0.1, 0.15) is 11.1 Å². The lowest BCUT2D eigenvalue weighted by Crippen LogP contribution is -2.14. The minimum absolute atomic E-state index is 0.0299. The second kappa shape index (κ2) is 7.44. The van der Waals surface area contributed by atoms with Gasteiger partial charge in [-0.05, 0) is 74.2 Å². The number of hydrogen-bond acceptors (Lipinski definition) is 3. The molecule has 0 radical (unpaired) electrons. The molecule has 0 aromatic heterocycles. The van der Waals surface area contributed by atoms with Gasteiger partial charge in [-0.1, -0.05) is 18.2 Å². The summed E-state index contributed by atoms with van der Waals surface area (Å²) in [5.41, 5.74) is 2.15. The van der Waals surface area contributed by atoms with Crippen molar-refractivity contribution in [2.75, 3.05) is 5.32 Å². The molecule has 0 unspecified atom stereocenters. The van der Waals surface area contributed by atoms with Gasteiger partial charge in [0.05, 0.1) is 8.95 Å². The molecule has 2 aromatic carbocycles. The lowest BCUT2D eigenvalue weighted by Gasteiger charge is -2.07. The fourth-order valence-corrected chi connectivity index (χ4v) is 3.11. The van der Waals surface area contributed by atoms with Gasteiger partial charge in [0.15, 0.2) is 0 Å². The number of phenolic OH excluding ortho intramolecular Hbond substituents is 1. The highest BCUT2D eigenvalue weighted by Crippen LogP contribution is 2.34. The Morgan fingerprint density at radius 3 is 2.43 bits per heavy atom. The summed E-state index contributed by atoms with van der Waals surface area (Å²) in [5, 5.41) is 21.7. The molecular weight excluding hydrogens is 424 g/mol. The summed E-state index contributed by atoms with van der Waals surface area (Å²) in [6.07, 6.45) is 1.46. The molecule has 2 aromatic rings. The van der Waals surface area contributed by atoms with E-state index in [4.69, 9.17) is 0 Å². The molecule has 1 amide bonds. The number of nitriles is 1. The lowest BCUT2D eigenvalue weighted by molar-refractivity contribution is -0.112. The van der Waals surface area contributed by atoms with E-state index in [9.17, 15) is 15.2 Å². The van der Waals surface area contributed by atoms with Crippen LogP contribution in [-0.4, -0.2) is 11.0 Å². The molecule has 0 aliphatic heterocycles. The third-order valence-corrected chi connectivity index (χ3v) is 4.32. The topological polar surface area (TPSA) is 73.1 Å². The molecule has 4 nitrogen and oxygen atoms in total. The van der Waals surface area contributed by atoms with E-state index in [1.165, 1.54) is 6.08 Å². The van der Waals surface area contributed by atoms with Crippen LogP contribution in [0, 0.1) is 18.3 Å². The fraction of sp³-hybridized carbons (Fsp3) is 0.0588. The predicted molar refractivity (Wildman–Crippen MR) is 96.9 cm³/mol. The Morgan fingerprint density at radius 1 is 1.26 bits per heavy atom. The van der Waals surface area contributed by atoms with E-state index >= 15 is 0 Å². The zero-order valence-electron chi connectivity index (χ0n) is 12.1. The number of rotatable bonds is 3. The van der Waals surface area contributed by atoms with Gasteiger partial charge in [0.1, 0.15) is 17.4 Å². The number of nitrogens with zero attached hydrogens (tertiary/aromatic N) is 1. The molecule has 116 valence electrons. The number of benzene rings is 2. The standard InChI is InChI=1S/C17H12Br2N2O2/c1-10-4-2-3-5-15(10)21-17(23)12(9-20)6-11-7-13(18)16(22)14(19)8-11/h2-8,22H,1H3,(H,21,23)/b12-6+. The van der Waals surface area contributed by atoms with Crippen molar-refractivity contribution in [2.24, 2.45) is 0 Å². The molecule has 0 saturated carbocycles. The smallest absolute Gasteiger partial charge is 0.266 e. The van der Waals surface area contributed by atoms with Crippen molar-refractivity contribution in [3.63, 3.8) is 0 Å². The molecule has 0 bridgehead atoms. The Morgan fingerprint density at radius 2 is 1.87 bits per heavy atom. The highest BCUT2D eigenvalue weighted by Gasteiger charge is 2.12. The molecule has 0 saturated heterocycles. The van der Waals surface area contributed by atoms with Crippen LogP contribution in [0.15, 0.2) is 50.9 Å². The Labute approximate surface area is 150 Å². The van der Waals surface area contributed by atoms with Gasteiger partial charge in [-0.15, -0.1) is 0 Å². The molecule has 2 N–H and O–H groups in total. The van der Waals surface area contributed by atoms with Crippen LogP contribution >= 0.6 is 31.9 Å². The van der Waals surface area contributed by atoms with E-state index in [0.717, 1.165) is 5.56 Å². The van der Waals surface area contributed by atoms with Crippen LogP contribution in [-0.2, 0) is 4.79 Å². The number of carbonyl (C=O) groups excluding carboxylic acids is 1. The van der Waals surface area contributed by atoms with E-state index in [1.807, 2.05) is 31.2 Å². The van der Waals surface area contributed by atoms with Crippen molar-refractivity contribution in [2.45, 2.75) is 6.92 Å². The number of para-hydroxylation sites is 1. The maximum atomic E-state index is 12.3. The number of nitrogens with one attached hydrogen (secondary N) is 1. The van der Waals surface area contributed by atoms with Gasteiger partial charge in [0, 0.05) is 5.69 Å². The number of aromatic hydroxyl groups is 1. The lowest BCUT2D eigenvalue weighted by atomic mass is 10.1. The Balaban J connectivity index is 2.31. The molecule has 0 heterocycles. The molecule has 23 heavy (non-hydrogen) atoms. The SMILES string of the molecule is Cc1ccccc1NC(=O)/C(C#N)=C/c1cc(Br)c(O)c(Br)c1. The number of anilines is 1. The third-order valence-electron chi connectivity index (χ3n) is 3.11. The zero-order chi connectivity index (χ0) is 17.0. The minimum atomic E-state index is -0.484. The maximum Gasteiger partial charge on any atom is 0.266 e. The monoisotopic (exact) mass is 434 g/mol. The average Bonchev–Trinajstić information content (AvgIpc) is 2.52. The second-order valence-electron chi connectivity index (χ2n) is 4.77. The largest absolute Gasteiger partial charge is 0.506 e. The third kappa shape index (κ3) is 4.21. The number of halogens is 2. The van der Waals surface area contributed by atoms with E-state index in [1.54, 1.807) is 18.2 Å². The summed E-state index contributed by atoms with van der Waals surface area (Å²) in [6, 6.07) is 12.5. The van der Waals surface area contributed by atoms with Gasteiger partial charge in [0.25, 0.3) is 5.91 Å². The molecule has 0 fully saturated rings. The molecule has 0 spiro atoms. The van der Waals surface area contributed by atoms with Crippen LogP contribution in [0.5, 0.6) is 5.75 Å². The number of aryl methyl sites for hydroxylation is 1. The van der Waals surface area contributed by atoms with Crippen LogP contribution in [0.3, 0.4) is 0 Å². The van der Waals surface area contributed by atoms with Crippen molar-refractivity contribution >= 4 is 49.5 Å². The first kappa shape index (κ1) is 17.3. The predicted octanol–water partition coefficient (Wildman–Crippen LogP) is 4.77. The van der Waals surface area contributed by atoms with Crippen LogP contribution in [0.4, 0.5) is 5.69 Å². The summed E-state index contributed by atoms with van der Waals surface area (Å²) >= 11 is 6.43. The first-order chi connectivity index (χ1) is 10.9. The first-order valence-corrected chi connectivity index (χ1v) is 8.17. The summed E-state index contributed by atoms with van der Waals surface area (Å²) in [6.45, 7) is 1.87. The minimum Gasteiger partial charge on any atom is -0.506 e. The van der Waals surface area contributed by atoms with Crippen LogP contribution < -0.4 is 5.32 Å². The van der Waals surface area contributed by atoms with Crippen LogP contribution in [0.25, 0.3) is 6.08 Å². The Kier molecular flexibility index (Phi) is 5.59. The van der Waals surface area contributed by atoms with Gasteiger partial charge in [-0.3, -0.25) is 4.79 Å². The summed E-state index contributed by atoms with van der Waals surface area (Å²) in [4.78, 5) is 12.3. The maximum absolute atomic E-state index is 12.3. The number of hydrogen-bond donors (Lipinski definition) is 2. The normalized spacial score (nSPS) is 11.0. The molecule has 2 rings (SSSR count). The van der Waals surface area contributed by atoms with Gasteiger partial charge >= 0.3 is 0 Å². The van der Waals surface area contributed by atoms with Crippen molar-refractivity contribution in [3.05, 3.63) is 62.0 Å². The molecule has 0 aliphatic rings. The van der Waals surface area contributed by atoms with Gasteiger partial charge in [-0.25, -0.2) is 0 Å². The number of carbonyl (C=O) groups is 1. The Bertz CT molecular complexity index is 816. The Hall–Kier alpha value is -2.10. The van der Waals surface area contributed by atoms with Gasteiger partial charge < -0.3 is 10.4 Å². The van der Waals surface area contributed by atoms with Crippen molar-refractivity contribution < 1.29 is 9.90 Å². The van der Waals surface area contributed by atoms with Crippen LogP contribution in [0.2, 0.25) is 0 Å². The van der Waals surface area contributed by atoms with E-state index in [0.29, 0.717) is 20.2 Å². The quantitative estimate of drug-likeness (QED) is 0.538. The molecule has 0 atom stereocenters. The van der Waals surface area contributed by atoms with E-state index < -0.39 is 5.91 Å². The van der Waals surface area contributed by atoms with Crippen molar-refractivity contribution in [3.8, 4) is 11.8 Å². The first-order valence-electron chi connectivity index (χ1n) is 6.59. The van der Waals surface area contributed by atoms with E-state index in [2.05, 4.69) is 37.2 Å². The van der Waals surface area contributed by atoms with Crippen molar-refractivity contribution in [1.82, 2.24) is 0 Å². The zero-order valence-corrected chi connectivity index (χ0v) is 15.3. The highest BCUT2D eigenvalue weighted by atomic mass is 79.9. The summed E-state index contributed by atoms with van der Waals surface area (Å²) in [7, 11) is 0. The molecule has 6 heteroatoms. The number of phenols is 1. The van der Waals surface area contributed by atoms with E-state index in [-0.39, 0.29) is 11.3 Å². The summed E-state index contributed by atoms with van der Waals surface area (Å²) in [5.74, 6) is -0.424. The van der Waals surface area contributed by atoms with Gasteiger partial charge in [-0.2, -0.15) is 5.26 Å². The summed E-state index contributed by atoms with van der Waals surface area (Å²) < 4.78 is 0.935. The molecule has 0 aliphatic carbocycles. The second-order valence-corrected chi connectivity index (χ2v) is 6.48. The fourth-order valence-electron chi connectivity index (χ4n) is 1.89.